The van der Waals surface area contributed by atoms with E-state index in [4.69, 9.17) is 10.7 Å². The Morgan fingerprint density at radius 2 is 2.19 bits per heavy atom. The smallest absolute Gasteiger partial charge is 0.263 e. The zero-order chi connectivity index (χ0) is 11.8. The second-order valence-corrected chi connectivity index (χ2v) is 5.59. The van der Waals surface area contributed by atoms with Crippen molar-refractivity contribution < 1.29 is 17.5 Å². The number of nitrogens with one attached hydrogen (secondary N) is 1. The zero-order valence-electron chi connectivity index (χ0n) is 7.91. The Kier molecular flexibility index (Phi) is 2.77. The molecule has 0 spiro atoms. The van der Waals surface area contributed by atoms with Crippen LogP contribution in [0.4, 0.5) is 4.39 Å². The number of aromatic amines is 1. The van der Waals surface area contributed by atoms with E-state index in [1.165, 1.54) is 24.4 Å². The van der Waals surface area contributed by atoms with Crippen molar-refractivity contribution in [2.75, 3.05) is 6.86 Å². The van der Waals surface area contributed by atoms with E-state index in [-0.39, 0.29) is 4.90 Å². The minimum absolute atomic E-state index is 0.00374. The van der Waals surface area contributed by atoms with Crippen molar-refractivity contribution in [2.24, 2.45) is 0 Å². The van der Waals surface area contributed by atoms with Crippen LogP contribution in [0.25, 0.3) is 10.9 Å². The zero-order valence-corrected chi connectivity index (χ0v) is 9.48. The Bertz CT molecular complexity index is 623. The highest BCUT2D eigenvalue weighted by molar-refractivity contribution is 8.14. The summed E-state index contributed by atoms with van der Waals surface area (Å²) >= 11 is 0. The van der Waals surface area contributed by atoms with Gasteiger partial charge in [-0.15, -0.1) is 0 Å². The number of halogens is 2. The molecule has 1 heterocycles. The molecule has 0 saturated carbocycles. The largest absolute Gasteiger partial charge is 0.463 e. The lowest BCUT2D eigenvalue weighted by Crippen LogP contribution is -1.90. The minimum atomic E-state index is -3.79. The molecule has 0 saturated heterocycles. The number of H-pyrrole nitrogens is 1. The average molecular weight is 264 g/mol. The Morgan fingerprint density at radius 3 is 2.81 bits per heavy atom. The van der Waals surface area contributed by atoms with Crippen molar-refractivity contribution in [1.82, 2.24) is 4.98 Å². The van der Waals surface area contributed by atoms with Gasteiger partial charge in [0.25, 0.3) is 9.05 Å². The second-order valence-electron chi connectivity index (χ2n) is 3.05. The van der Waals surface area contributed by atoms with Crippen LogP contribution in [0.5, 0.6) is 5.75 Å². The van der Waals surface area contributed by atoms with Gasteiger partial charge >= 0.3 is 0 Å². The molecule has 0 atom stereocenters. The van der Waals surface area contributed by atoms with Crippen LogP contribution in [0.3, 0.4) is 0 Å². The van der Waals surface area contributed by atoms with Gasteiger partial charge in [-0.05, 0) is 12.1 Å². The van der Waals surface area contributed by atoms with Crippen LogP contribution in [0, 0.1) is 0 Å². The second kappa shape index (κ2) is 3.95. The molecule has 86 valence electrons. The summed E-state index contributed by atoms with van der Waals surface area (Å²) in [6, 6.07) is 4.48. The van der Waals surface area contributed by atoms with Gasteiger partial charge in [0.1, 0.15) is 10.6 Å². The van der Waals surface area contributed by atoms with Gasteiger partial charge in [0, 0.05) is 28.3 Å². The van der Waals surface area contributed by atoms with Gasteiger partial charge in [-0.25, -0.2) is 12.8 Å². The normalized spacial score (nSPS) is 11.9. The van der Waals surface area contributed by atoms with Gasteiger partial charge in [-0.3, -0.25) is 0 Å². The van der Waals surface area contributed by atoms with E-state index in [2.05, 4.69) is 9.72 Å². The number of hydrogen-bond acceptors (Lipinski definition) is 3. The van der Waals surface area contributed by atoms with Gasteiger partial charge in [-0.2, -0.15) is 0 Å². The van der Waals surface area contributed by atoms with Gasteiger partial charge < -0.3 is 9.72 Å². The molecule has 0 bridgehead atoms. The molecule has 7 heteroatoms. The van der Waals surface area contributed by atoms with Crippen LogP contribution in [0.1, 0.15) is 0 Å². The Labute approximate surface area is 95.4 Å². The standard InChI is InChI=1S/C9H7ClFNO3S/c10-16(13,14)9-4-12-8-3-6(15-5-11)1-2-7(8)9/h1-4,12H,5H2. The van der Waals surface area contributed by atoms with E-state index in [0.717, 1.165) is 0 Å². The number of alkyl halides is 1. The first-order valence-electron chi connectivity index (χ1n) is 4.27. The lowest BCUT2D eigenvalue weighted by Gasteiger charge is -2.00. The first-order chi connectivity index (χ1) is 7.52. The van der Waals surface area contributed by atoms with Gasteiger partial charge in [0.15, 0.2) is 0 Å². The molecule has 16 heavy (non-hydrogen) atoms. The summed E-state index contributed by atoms with van der Waals surface area (Å²) in [7, 11) is 1.46. The molecule has 0 fully saturated rings. The monoisotopic (exact) mass is 263 g/mol. The van der Waals surface area contributed by atoms with Gasteiger partial charge in [0.05, 0.1) is 5.52 Å². The lowest BCUT2D eigenvalue weighted by atomic mass is 10.2. The van der Waals surface area contributed by atoms with Crippen LogP contribution >= 0.6 is 10.7 Å². The number of aromatic nitrogens is 1. The Balaban J connectivity index is 2.59. The Hall–Kier alpha value is -1.27. The molecule has 1 aromatic heterocycles. The van der Waals surface area contributed by atoms with Crippen molar-refractivity contribution in [3.05, 3.63) is 24.4 Å². The number of rotatable bonds is 3. The third kappa shape index (κ3) is 1.98. The number of benzene rings is 1. The van der Waals surface area contributed by atoms with Crippen molar-refractivity contribution in [3.8, 4) is 5.75 Å². The van der Waals surface area contributed by atoms with E-state index in [1.807, 2.05) is 0 Å². The van der Waals surface area contributed by atoms with E-state index >= 15 is 0 Å². The van der Waals surface area contributed by atoms with Crippen LogP contribution in [-0.2, 0) is 9.05 Å². The molecule has 2 rings (SSSR count). The molecule has 0 aliphatic heterocycles. The summed E-state index contributed by atoms with van der Waals surface area (Å²) in [5.74, 6) is 0.315. The van der Waals surface area contributed by atoms with Crippen molar-refractivity contribution in [3.63, 3.8) is 0 Å². The molecular weight excluding hydrogens is 257 g/mol. The highest BCUT2D eigenvalue weighted by Gasteiger charge is 2.16. The van der Waals surface area contributed by atoms with Crippen LogP contribution in [0.15, 0.2) is 29.3 Å². The van der Waals surface area contributed by atoms with E-state index < -0.39 is 15.9 Å². The van der Waals surface area contributed by atoms with E-state index in [9.17, 15) is 12.8 Å². The molecule has 4 nitrogen and oxygen atoms in total. The SMILES string of the molecule is O=S(=O)(Cl)c1c[nH]c2cc(OCF)ccc12. The fourth-order valence-corrected chi connectivity index (χ4v) is 2.46. The topological polar surface area (TPSA) is 59.2 Å². The lowest BCUT2D eigenvalue weighted by molar-refractivity contribution is 0.192. The predicted molar refractivity (Wildman–Crippen MR) is 57.9 cm³/mol. The summed E-state index contributed by atoms with van der Waals surface area (Å²) in [5, 5.41) is 0.446. The molecule has 0 radical (unpaired) electrons. The number of ether oxygens (including phenoxy) is 1. The van der Waals surface area contributed by atoms with Gasteiger partial charge in [-0.1, -0.05) is 0 Å². The quantitative estimate of drug-likeness (QED) is 0.865. The van der Waals surface area contributed by atoms with E-state index in [0.29, 0.717) is 16.7 Å². The highest BCUT2D eigenvalue weighted by Crippen LogP contribution is 2.28. The molecule has 1 N–H and O–H groups in total. The molecule has 0 aliphatic rings. The van der Waals surface area contributed by atoms with Crippen LogP contribution < -0.4 is 4.74 Å². The first kappa shape index (κ1) is 11.2. The van der Waals surface area contributed by atoms with Crippen molar-refractivity contribution in [2.45, 2.75) is 4.90 Å². The van der Waals surface area contributed by atoms with Crippen molar-refractivity contribution >= 4 is 30.6 Å². The predicted octanol–water partition coefficient (Wildman–Crippen LogP) is 2.40. The van der Waals surface area contributed by atoms with E-state index in [1.54, 1.807) is 0 Å². The summed E-state index contributed by atoms with van der Waals surface area (Å²) in [6.07, 6.45) is 1.28. The summed E-state index contributed by atoms with van der Waals surface area (Å²) in [4.78, 5) is 2.72. The highest BCUT2D eigenvalue weighted by atomic mass is 35.7. The summed E-state index contributed by atoms with van der Waals surface area (Å²) < 4.78 is 38.9. The molecule has 1 aromatic carbocycles. The molecule has 0 aliphatic carbocycles. The fourth-order valence-electron chi connectivity index (χ4n) is 1.43. The maximum Gasteiger partial charge on any atom is 0.263 e. The third-order valence-electron chi connectivity index (χ3n) is 2.10. The molecular formula is C9H7ClFNO3S. The van der Waals surface area contributed by atoms with Gasteiger partial charge in [0.2, 0.25) is 6.86 Å². The number of fused-ring (bicyclic) bond motifs is 1. The summed E-state index contributed by atoms with van der Waals surface area (Å²) in [5.41, 5.74) is 0.519. The third-order valence-corrected chi connectivity index (χ3v) is 3.46. The average Bonchev–Trinajstić information content (AvgIpc) is 2.60. The van der Waals surface area contributed by atoms with Crippen LogP contribution in [-0.4, -0.2) is 20.3 Å². The first-order valence-corrected chi connectivity index (χ1v) is 6.58. The number of hydrogen-bond donors (Lipinski definition) is 1. The molecule has 0 amide bonds. The maximum atomic E-state index is 11.9. The minimum Gasteiger partial charge on any atom is -0.463 e. The maximum absolute atomic E-state index is 11.9. The summed E-state index contributed by atoms with van der Waals surface area (Å²) in [6.45, 7) is -0.938. The fraction of sp³-hybridized carbons (Fsp3) is 0.111. The molecule has 2 aromatic rings. The van der Waals surface area contributed by atoms with Crippen molar-refractivity contribution in [1.29, 1.82) is 0 Å². The van der Waals surface area contributed by atoms with Crippen LogP contribution in [0.2, 0.25) is 0 Å². The molecule has 0 unspecified atom stereocenters. The Morgan fingerprint density at radius 1 is 1.44 bits per heavy atom.